The highest BCUT2D eigenvalue weighted by molar-refractivity contribution is 5.79. The molecule has 0 aromatic heterocycles. The van der Waals surface area contributed by atoms with Crippen LogP contribution in [0.5, 0.6) is 0 Å². The van der Waals surface area contributed by atoms with Crippen molar-refractivity contribution in [3.63, 3.8) is 0 Å². The van der Waals surface area contributed by atoms with E-state index in [-0.39, 0.29) is 18.6 Å². The van der Waals surface area contributed by atoms with E-state index in [1.807, 2.05) is 6.92 Å². The Kier molecular flexibility index (Phi) is 2.84. The molecule has 0 radical (unpaired) electrons. The van der Waals surface area contributed by atoms with Crippen molar-refractivity contribution in [1.82, 2.24) is 10.2 Å². The summed E-state index contributed by atoms with van der Waals surface area (Å²) >= 11 is 0. The zero-order chi connectivity index (χ0) is 8.27. The Bertz CT molecular complexity index is 149. The standard InChI is InChI=1S/C7H14N2O2/c1-6(5-10)9-3-2-8-4-7(9)11/h6,8,10H,2-5H2,1H3. The number of carbonyl (C=O) groups excluding carboxylic acids is 1. The van der Waals surface area contributed by atoms with Gasteiger partial charge in [0.25, 0.3) is 0 Å². The molecule has 64 valence electrons. The highest BCUT2D eigenvalue weighted by atomic mass is 16.3. The Morgan fingerprint density at radius 3 is 3.09 bits per heavy atom. The summed E-state index contributed by atoms with van der Waals surface area (Å²) in [7, 11) is 0. The summed E-state index contributed by atoms with van der Waals surface area (Å²) in [5.41, 5.74) is 0. The van der Waals surface area contributed by atoms with Crippen LogP contribution in [0.3, 0.4) is 0 Å². The van der Waals surface area contributed by atoms with Crippen LogP contribution in [0.4, 0.5) is 0 Å². The van der Waals surface area contributed by atoms with Crippen molar-refractivity contribution < 1.29 is 9.90 Å². The van der Waals surface area contributed by atoms with E-state index in [2.05, 4.69) is 5.32 Å². The smallest absolute Gasteiger partial charge is 0.236 e. The minimum Gasteiger partial charge on any atom is -0.394 e. The molecular formula is C7H14N2O2. The summed E-state index contributed by atoms with van der Waals surface area (Å²) in [5.74, 6) is 0.0813. The molecule has 1 atom stereocenters. The van der Waals surface area contributed by atoms with Gasteiger partial charge in [0.2, 0.25) is 5.91 Å². The molecule has 1 aliphatic heterocycles. The molecule has 0 spiro atoms. The molecule has 1 amide bonds. The van der Waals surface area contributed by atoms with Gasteiger partial charge in [0.15, 0.2) is 0 Å². The first-order valence-electron chi connectivity index (χ1n) is 3.86. The molecule has 1 aliphatic rings. The van der Waals surface area contributed by atoms with Gasteiger partial charge in [0.1, 0.15) is 0 Å². The third-order valence-electron chi connectivity index (χ3n) is 1.92. The molecule has 0 aromatic rings. The maximum absolute atomic E-state index is 11.1. The molecule has 1 heterocycles. The van der Waals surface area contributed by atoms with E-state index in [1.165, 1.54) is 0 Å². The molecule has 2 N–H and O–H groups in total. The molecule has 1 saturated heterocycles. The number of hydrogen-bond donors (Lipinski definition) is 2. The third-order valence-corrected chi connectivity index (χ3v) is 1.92. The van der Waals surface area contributed by atoms with E-state index in [0.29, 0.717) is 13.1 Å². The third kappa shape index (κ3) is 1.91. The number of rotatable bonds is 2. The van der Waals surface area contributed by atoms with E-state index < -0.39 is 0 Å². The lowest BCUT2D eigenvalue weighted by Crippen LogP contribution is -2.52. The predicted molar refractivity (Wildman–Crippen MR) is 41.1 cm³/mol. The second-order valence-electron chi connectivity index (χ2n) is 2.80. The Morgan fingerprint density at radius 1 is 1.82 bits per heavy atom. The fourth-order valence-corrected chi connectivity index (χ4v) is 1.19. The predicted octanol–water partition coefficient (Wildman–Crippen LogP) is -1.20. The van der Waals surface area contributed by atoms with Gasteiger partial charge < -0.3 is 15.3 Å². The van der Waals surface area contributed by atoms with Gasteiger partial charge in [-0.15, -0.1) is 0 Å². The summed E-state index contributed by atoms with van der Waals surface area (Å²) in [4.78, 5) is 12.9. The number of hydrogen-bond acceptors (Lipinski definition) is 3. The first kappa shape index (κ1) is 8.49. The monoisotopic (exact) mass is 158 g/mol. The van der Waals surface area contributed by atoms with Crippen LogP contribution >= 0.6 is 0 Å². The molecule has 1 fully saturated rings. The molecule has 0 saturated carbocycles. The normalized spacial score (nSPS) is 22.0. The van der Waals surface area contributed by atoms with Crippen molar-refractivity contribution in [2.75, 3.05) is 26.2 Å². The SMILES string of the molecule is CC(CO)N1CCNCC1=O. The molecule has 4 nitrogen and oxygen atoms in total. The van der Waals surface area contributed by atoms with Crippen LogP contribution in [0.15, 0.2) is 0 Å². The summed E-state index contributed by atoms with van der Waals surface area (Å²) in [6.07, 6.45) is 0. The van der Waals surface area contributed by atoms with Gasteiger partial charge in [0.05, 0.1) is 19.2 Å². The Morgan fingerprint density at radius 2 is 2.55 bits per heavy atom. The highest BCUT2D eigenvalue weighted by Gasteiger charge is 2.21. The minimum absolute atomic E-state index is 0.0374. The zero-order valence-electron chi connectivity index (χ0n) is 6.71. The van der Waals surface area contributed by atoms with Crippen LogP contribution in [-0.4, -0.2) is 48.2 Å². The number of amides is 1. The van der Waals surface area contributed by atoms with Crippen molar-refractivity contribution >= 4 is 5.91 Å². The molecule has 4 heteroatoms. The first-order chi connectivity index (χ1) is 5.25. The Labute approximate surface area is 66.2 Å². The number of aliphatic hydroxyl groups excluding tert-OH is 1. The first-order valence-corrected chi connectivity index (χ1v) is 3.86. The average Bonchev–Trinajstić information content (AvgIpc) is 2.04. The topological polar surface area (TPSA) is 52.6 Å². The van der Waals surface area contributed by atoms with Gasteiger partial charge in [-0.25, -0.2) is 0 Å². The van der Waals surface area contributed by atoms with Gasteiger partial charge in [-0.3, -0.25) is 4.79 Å². The van der Waals surface area contributed by atoms with Crippen LogP contribution in [0, 0.1) is 0 Å². The van der Waals surface area contributed by atoms with Crippen molar-refractivity contribution in [2.24, 2.45) is 0 Å². The van der Waals surface area contributed by atoms with Crippen LogP contribution < -0.4 is 5.32 Å². The molecule has 0 aromatic carbocycles. The fraction of sp³-hybridized carbons (Fsp3) is 0.857. The molecule has 1 rings (SSSR count). The maximum Gasteiger partial charge on any atom is 0.236 e. The van der Waals surface area contributed by atoms with Gasteiger partial charge in [-0.2, -0.15) is 0 Å². The largest absolute Gasteiger partial charge is 0.394 e. The summed E-state index contributed by atoms with van der Waals surface area (Å²) in [5, 5.41) is 11.8. The maximum atomic E-state index is 11.1. The number of nitrogens with zero attached hydrogens (tertiary/aromatic N) is 1. The second-order valence-corrected chi connectivity index (χ2v) is 2.80. The molecule has 11 heavy (non-hydrogen) atoms. The number of carbonyl (C=O) groups is 1. The lowest BCUT2D eigenvalue weighted by atomic mass is 10.2. The molecular weight excluding hydrogens is 144 g/mol. The van der Waals surface area contributed by atoms with E-state index in [0.717, 1.165) is 6.54 Å². The van der Waals surface area contributed by atoms with Gasteiger partial charge >= 0.3 is 0 Å². The van der Waals surface area contributed by atoms with E-state index >= 15 is 0 Å². The highest BCUT2D eigenvalue weighted by Crippen LogP contribution is 2.00. The van der Waals surface area contributed by atoms with E-state index in [9.17, 15) is 4.79 Å². The van der Waals surface area contributed by atoms with Gasteiger partial charge in [-0.1, -0.05) is 0 Å². The van der Waals surface area contributed by atoms with Crippen LogP contribution in [-0.2, 0) is 4.79 Å². The minimum atomic E-state index is -0.0374. The summed E-state index contributed by atoms with van der Waals surface area (Å²) in [6, 6.07) is -0.0374. The zero-order valence-corrected chi connectivity index (χ0v) is 6.71. The Hall–Kier alpha value is -0.610. The summed E-state index contributed by atoms with van der Waals surface area (Å²) in [6.45, 7) is 3.84. The van der Waals surface area contributed by atoms with Crippen molar-refractivity contribution in [1.29, 1.82) is 0 Å². The average molecular weight is 158 g/mol. The van der Waals surface area contributed by atoms with Crippen LogP contribution in [0.1, 0.15) is 6.92 Å². The molecule has 0 aliphatic carbocycles. The van der Waals surface area contributed by atoms with Crippen LogP contribution in [0.25, 0.3) is 0 Å². The van der Waals surface area contributed by atoms with E-state index in [4.69, 9.17) is 5.11 Å². The lowest BCUT2D eigenvalue weighted by Gasteiger charge is -2.31. The van der Waals surface area contributed by atoms with Gasteiger partial charge in [-0.05, 0) is 6.92 Å². The lowest BCUT2D eigenvalue weighted by molar-refractivity contribution is -0.134. The Balaban J connectivity index is 2.47. The number of aliphatic hydroxyl groups is 1. The number of piperazine rings is 1. The molecule has 0 bridgehead atoms. The molecule has 1 unspecified atom stereocenters. The van der Waals surface area contributed by atoms with Crippen LogP contribution in [0.2, 0.25) is 0 Å². The number of nitrogens with one attached hydrogen (secondary N) is 1. The van der Waals surface area contributed by atoms with Crippen molar-refractivity contribution in [2.45, 2.75) is 13.0 Å². The quantitative estimate of drug-likeness (QED) is 0.530. The van der Waals surface area contributed by atoms with E-state index in [1.54, 1.807) is 4.90 Å². The fourth-order valence-electron chi connectivity index (χ4n) is 1.19. The summed E-state index contributed by atoms with van der Waals surface area (Å²) < 4.78 is 0. The van der Waals surface area contributed by atoms with Crippen molar-refractivity contribution in [3.05, 3.63) is 0 Å². The second kappa shape index (κ2) is 3.69. The van der Waals surface area contributed by atoms with Gasteiger partial charge in [0, 0.05) is 13.1 Å². The van der Waals surface area contributed by atoms with Crippen molar-refractivity contribution in [3.8, 4) is 0 Å².